The Bertz CT molecular complexity index is 751. The number of carboxylic acids is 1. The molecule has 110 valence electrons. The van der Waals surface area contributed by atoms with Crippen LogP contribution in [0.5, 0.6) is 0 Å². The molecule has 2 aromatic rings. The van der Waals surface area contributed by atoms with Crippen LogP contribution >= 0.6 is 0 Å². The number of halogens is 1. The van der Waals surface area contributed by atoms with Crippen LogP contribution in [0, 0.1) is 5.82 Å². The summed E-state index contributed by atoms with van der Waals surface area (Å²) in [4.78, 5) is 10.2. The predicted octanol–water partition coefficient (Wildman–Crippen LogP) is 2.43. The number of benzene rings is 2. The first-order valence-corrected chi connectivity index (χ1v) is 7.80. The van der Waals surface area contributed by atoms with E-state index in [1.165, 1.54) is 30.3 Å². The number of carboxylic acid groups (broad SMARTS) is 1. The number of aliphatic carboxylic acids is 1. The fourth-order valence-electron chi connectivity index (χ4n) is 1.92. The van der Waals surface area contributed by atoms with Crippen LogP contribution in [0.2, 0.25) is 0 Å². The highest BCUT2D eigenvalue weighted by molar-refractivity contribution is 7.90. The van der Waals surface area contributed by atoms with Gasteiger partial charge in [0.2, 0.25) is 0 Å². The average molecular weight is 308 g/mol. The first-order valence-electron chi connectivity index (χ1n) is 6.15. The molecule has 0 spiro atoms. The van der Waals surface area contributed by atoms with Gasteiger partial charge in [-0.25, -0.2) is 12.8 Å². The van der Waals surface area contributed by atoms with Gasteiger partial charge in [-0.2, -0.15) is 0 Å². The summed E-state index contributed by atoms with van der Waals surface area (Å²) < 4.78 is 37.9. The van der Waals surface area contributed by atoms with Crippen LogP contribution in [0.1, 0.15) is 11.1 Å². The molecule has 0 saturated heterocycles. The zero-order chi connectivity index (χ0) is 15.5. The van der Waals surface area contributed by atoms with Gasteiger partial charge in [0.25, 0.3) is 0 Å². The molecule has 0 bridgehead atoms. The van der Waals surface area contributed by atoms with E-state index in [2.05, 4.69) is 0 Å². The van der Waals surface area contributed by atoms with E-state index in [1.807, 2.05) is 0 Å². The monoisotopic (exact) mass is 308 g/mol. The predicted molar refractivity (Wildman–Crippen MR) is 75.1 cm³/mol. The Morgan fingerprint density at radius 1 is 1.00 bits per heavy atom. The lowest BCUT2D eigenvalue weighted by Gasteiger charge is -2.06. The molecule has 2 rings (SSSR count). The Labute approximate surface area is 121 Å². The van der Waals surface area contributed by atoms with Crippen molar-refractivity contribution in [1.82, 2.24) is 0 Å². The Balaban J connectivity index is 2.21. The second-order valence-corrected chi connectivity index (χ2v) is 6.53. The van der Waals surface area contributed by atoms with Crippen LogP contribution in [-0.2, 0) is 26.8 Å². The lowest BCUT2D eigenvalue weighted by atomic mass is 10.1. The molecule has 6 heteroatoms. The molecule has 0 unspecified atom stereocenters. The van der Waals surface area contributed by atoms with Crippen molar-refractivity contribution in [2.24, 2.45) is 0 Å². The third-order valence-electron chi connectivity index (χ3n) is 2.91. The number of hydrogen-bond acceptors (Lipinski definition) is 3. The molecule has 21 heavy (non-hydrogen) atoms. The van der Waals surface area contributed by atoms with Crippen molar-refractivity contribution in [3.63, 3.8) is 0 Å². The zero-order valence-electron chi connectivity index (χ0n) is 11.0. The minimum absolute atomic E-state index is 0.125. The highest BCUT2D eigenvalue weighted by Gasteiger charge is 2.19. The van der Waals surface area contributed by atoms with Crippen molar-refractivity contribution in [3.8, 4) is 0 Å². The maximum atomic E-state index is 13.6. The molecule has 0 aliphatic carbocycles. The van der Waals surface area contributed by atoms with Gasteiger partial charge in [0.15, 0.2) is 9.84 Å². The molecule has 4 nitrogen and oxygen atoms in total. The Morgan fingerprint density at radius 2 is 1.57 bits per heavy atom. The molecule has 0 heterocycles. The van der Waals surface area contributed by atoms with Crippen LogP contribution in [0.3, 0.4) is 0 Å². The summed E-state index contributed by atoms with van der Waals surface area (Å²) in [5, 5.41) is 8.66. The van der Waals surface area contributed by atoms with Crippen molar-refractivity contribution < 1.29 is 22.7 Å². The highest BCUT2D eigenvalue weighted by Crippen LogP contribution is 2.19. The van der Waals surface area contributed by atoms with E-state index < -0.39 is 21.6 Å². The van der Waals surface area contributed by atoms with Gasteiger partial charge in [0, 0.05) is 0 Å². The minimum atomic E-state index is -3.77. The van der Waals surface area contributed by atoms with Crippen molar-refractivity contribution in [3.05, 3.63) is 65.5 Å². The molecule has 2 aromatic carbocycles. The summed E-state index contributed by atoms with van der Waals surface area (Å²) in [6, 6.07) is 11.4. The zero-order valence-corrected chi connectivity index (χ0v) is 11.8. The normalized spacial score (nSPS) is 11.3. The minimum Gasteiger partial charge on any atom is -0.481 e. The summed E-state index contributed by atoms with van der Waals surface area (Å²) in [6.45, 7) is 0. The van der Waals surface area contributed by atoms with E-state index in [0.29, 0.717) is 11.1 Å². The molecular formula is C15H13FO4S. The summed E-state index contributed by atoms with van der Waals surface area (Å²) in [5.74, 6) is -2.07. The Hall–Kier alpha value is -2.21. The van der Waals surface area contributed by atoms with Gasteiger partial charge in [0.1, 0.15) is 10.7 Å². The third kappa shape index (κ3) is 3.88. The molecular weight excluding hydrogens is 295 g/mol. The molecule has 0 fully saturated rings. The molecule has 0 atom stereocenters. The van der Waals surface area contributed by atoms with E-state index in [4.69, 9.17) is 5.11 Å². The molecule has 1 N–H and O–H groups in total. The fraction of sp³-hybridized carbons (Fsp3) is 0.133. The van der Waals surface area contributed by atoms with Crippen molar-refractivity contribution in [1.29, 1.82) is 0 Å². The summed E-state index contributed by atoms with van der Waals surface area (Å²) in [5.41, 5.74) is 1.06. The molecule has 0 saturated carbocycles. The SMILES string of the molecule is O=C(O)Cc1ccc(CS(=O)(=O)c2ccccc2F)cc1. The Kier molecular flexibility index (Phi) is 4.37. The lowest BCUT2D eigenvalue weighted by molar-refractivity contribution is -0.136. The van der Waals surface area contributed by atoms with E-state index in [-0.39, 0.29) is 17.1 Å². The summed E-state index contributed by atoms with van der Waals surface area (Å²) >= 11 is 0. The average Bonchev–Trinajstić information content (AvgIpc) is 2.40. The van der Waals surface area contributed by atoms with Crippen LogP contribution in [0.4, 0.5) is 4.39 Å². The van der Waals surface area contributed by atoms with Crippen molar-refractivity contribution in [2.75, 3.05) is 0 Å². The number of hydrogen-bond donors (Lipinski definition) is 1. The first-order chi connectivity index (χ1) is 9.88. The standard InChI is InChI=1S/C15H13FO4S/c16-13-3-1-2-4-14(13)21(19,20)10-12-7-5-11(6-8-12)9-15(17)18/h1-8H,9-10H2,(H,17,18). The number of rotatable bonds is 5. The van der Waals surface area contributed by atoms with Gasteiger partial charge in [-0.05, 0) is 23.3 Å². The smallest absolute Gasteiger partial charge is 0.307 e. The fourth-order valence-corrected chi connectivity index (χ4v) is 3.36. The van der Waals surface area contributed by atoms with Crippen LogP contribution < -0.4 is 0 Å². The van der Waals surface area contributed by atoms with Gasteiger partial charge < -0.3 is 5.11 Å². The van der Waals surface area contributed by atoms with Gasteiger partial charge in [-0.15, -0.1) is 0 Å². The van der Waals surface area contributed by atoms with Gasteiger partial charge in [-0.3, -0.25) is 4.79 Å². The number of sulfone groups is 1. The topological polar surface area (TPSA) is 71.4 Å². The maximum Gasteiger partial charge on any atom is 0.307 e. The van der Waals surface area contributed by atoms with E-state index >= 15 is 0 Å². The molecule has 0 aliphatic heterocycles. The van der Waals surface area contributed by atoms with Crippen molar-refractivity contribution >= 4 is 15.8 Å². The first kappa shape index (κ1) is 15.2. The van der Waals surface area contributed by atoms with E-state index in [9.17, 15) is 17.6 Å². The second kappa shape index (κ2) is 6.05. The highest BCUT2D eigenvalue weighted by atomic mass is 32.2. The third-order valence-corrected chi connectivity index (χ3v) is 4.62. The van der Waals surface area contributed by atoms with E-state index in [1.54, 1.807) is 12.1 Å². The molecule has 0 amide bonds. The molecule has 0 aliphatic rings. The van der Waals surface area contributed by atoms with Crippen LogP contribution in [-0.4, -0.2) is 19.5 Å². The van der Waals surface area contributed by atoms with Gasteiger partial charge >= 0.3 is 5.97 Å². The number of carbonyl (C=O) groups is 1. The van der Waals surface area contributed by atoms with Crippen molar-refractivity contribution in [2.45, 2.75) is 17.1 Å². The largest absolute Gasteiger partial charge is 0.481 e. The molecule has 0 aromatic heterocycles. The van der Waals surface area contributed by atoms with E-state index in [0.717, 1.165) is 6.07 Å². The maximum absolute atomic E-state index is 13.6. The quantitative estimate of drug-likeness (QED) is 0.921. The summed E-state index contributed by atoms with van der Waals surface area (Å²) in [7, 11) is -3.77. The van der Waals surface area contributed by atoms with Gasteiger partial charge in [-0.1, -0.05) is 36.4 Å². The van der Waals surface area contributed by atoms with Gasteiger partial charge in [0.05, 0.1) is 12.2 Å². The lowest BCUT2D eigenvalue weighted by Crippen LogP contribution is -2.07. The van der Waals surface area contributed by atoms with Crippen LogP contribution in [0.25, 0.3) is 0 Å². The van der Waals surface area contributed by atoms with Crippen LogP contribution in [0.15, 0.2) is 53.4 Å². The second-order valence-electron chi connectivity index (χ2n) is 4.58. The Morgan fingerprint density at radius 3 is 2.14 bits per heavy atom. The summed E-state index contributed by atoms with van der Waals surface area (Å²) in [6.07, 6.45) is -0.125. The molecule has 0 radical (unpaired) electrons.